The second-order valence-electron chi connectivity index (χ2n) is 12.5. The second-order valence-corrected chi connectivity index (χ2v) is 12.5. The molecule has 0 bridgehead atoms. The fraction of sp³-hybridized carbons (Fsp3) is 0.939. The van der Waals surface area contributed by atoms with E-state index < -0.39 is 48.5 Å². The van der Waals surface area contributed by atoms with E-state index in [-0.39, 0.29) is 18.9 Å². The van der Waals surface area contributed by atoms with Crippen molar-refractivity contribution in [3.05, 3.63) is 0 Å². The summed E-state index contributed by atoms with van der Waals surface area (Å²) in [6, 6.07) is -0.986. The number of nitrogens with two attached hydrogens (primary N) is 2. The lowest BCUT2D eigenvalue weighted by molar-refractivity contribution is -0.291. The zero-order chi connectivity index (χ0) is 31.4. The van der Waals surface area contributed by atoms with Crippen LogP contribution in [0.3, 0.4) is 0 Å². The third-order valence-electron chi connectivity index (χ3n) is 8.75. The number of hydrogen-bond acceptors (Lipinski definition) is 8. The number of aliphatic hydroxyl groups excluding tert-OH is 3. The lowest BCUT2D eigenvalue weighted by atomic mass is 9.80. The van der Waals surface area contributed by atoms with Crippen LogP contribution < -0.4 is 11.5 Å². The van der Waals surface area contributed by atoms with Gasteiger partial charge in [0.25, 0.3) is 0 Å². The molecule has 1 rings (SSSR count). The summed E-state index contributed by atoms with van der Waals surface area (Å²) in [7, 11) is 0. The molecular weight excluding hydrogens is 534 g/mol. The van der Waals surface area contributed by atoms with Crippen LogP contribution in [0.4, 0.5) is 0 Å². The quantitative estimate of drug-likeness (QED) is 0.0731. The molecule has 1 saturated heterocycles. The van der Waals surface area contributed by atoms with Gasteiger partial charge < -0.3 is 30.7 Å². The summed E-state index contributed by atoms with van der Waals surface area (Å²) in [6.45, 7) is 5.55. The fourth-order valence-corrected chi connectivity index (χ4v) is 6.05. The number of nitrogens with zero attached hydrogens (tertiary/aromatic N) is 1. The van der Waals surface area contributed by atoms with Crippen molar-refractivity contribution in [1.29, 1.82) is 0 Å². The molecule has 0 spiro atoms. The molecule has 0 aliphatic carbocycles. The van der Waals surface area contributed by atoms with Crippen LogP contribution in [-0.2, 0) is 14.3 Å². The van der Waals surface area contributed by atoms with Gasteiger partial charge in [0.15, 0.2) is 5.78 Å². The number of ketones is 1. The van der Waals surface area contributed by atoms with Crippen molar-refractivity contribution in [3.8, 4) is 0 Å². The first kappa shape index (κ1) is 38.9. The molecule has 1 fully saturated rings. The molecule has 0 saturated carbocycles. The third-order valence-corrected chi connectivity index (χ3v) is 8.75. The SMILES string of the molecule is CCCCCCCCCCCCN(C(=O)CCCCCCCCCCC)[C@]1(N)O[C@H](CO)[C@@H](O)[C@H](O)[C@H]1C(=O)[C@H](C)N. The molecule has 0 aromatic carbocycles. The summed E-state index contributed by atoms with van der Waals surface area (Å²) in [6.07, 6.45) is 17.2. The zero-order valence-electron chi connectivity index (χ0n) is 27.1. The van der Waals surface area contributed by atoms with Gasteiger partial charge in [-0.3, -0.25) is 15.3 Å². The summed E-state index contributed by atoms with van der Waals surface area (Å²) in [5.41, 5.74) is 12.7. The molecule has 9 nitrogen and oxygen atoms in total. The molecule has 1 heterocycles. The summed E-state index contributed by atoms with van der Waals surface area (Å²) in [5, 5.41) is 31.4. The van der Waals surface area contributed by atoms with Crippen LogP contribution in [0, 0.1) is 5.92 Å². The average Bonchev–Trinajstić information content (AvgIpc) is 2.96. The van der Waals surface area contributed by atoms with Crippen molar-refractivity contribution >= 4 is 11.7 Å². The molecular formula is C33H65N3O6. The molecule has 9 heteroatoms. The van der Waals surface area contributed by atoms with Crippen molar-refractivity contribution in [2.24, 2.45) is 17.4 Å². The highest BCUT2D eigenvalue weighted by molar-refractivity contribution is 5.88. The molecule has 7 N–H and O–H groups in total. The Kier molecular flexibility index (Phi) is 20.8. The fourth-order valence-electron chi connectivity index (χ4n) is 6.05. The molecule has 0 aromatic rings. The molecule has 42 heavy (non-hydrogen) atoms. The molecule has 0 radical (unpaired) electrons. The Morgan fingerprint density at radius 1 is 0.762 bits per heavy atom. The monoisotopic (exact) mass is 599 g/mol. The van der Waals surface area contributed by atoms with E-state index in [0.717, 1.165) is 38.5 Å². The summed E-state index contributed by atoms with van der Waals surface area (Å²) in [5.74, 6) is -4.30. The summed E-state index contributed by atoms with van der Waals surface area (Å²) < 4.78 is 5.95. The molecule has 0 unspecified atom stereocenters. The highest BCUT2D eigenvalue weighted by atomic mass is 16.6. The van der Waals surface area contributed by atoms with Gasteiger partial charge in [-0.05, 0) is 19.8 Å². The lowest BCUT2D eigenvalue weighted by Crippen LogP contribution is -2.76. The lowest BCUT2D eigenvalue weighted by Gasteiger charge is -2.53. The second kappa shape index (κ2) is 22.4. The molecule has 1 amide bonds. The Morgan fingerprint density at radius 2 is 1.19 bits per heavy atom. The van der Waals surface area contributed by atoms with Gasteiger partial charge >= 0.3 is 0 Å². The minimum absolute atomic E-state index is 0.247. The standard InChI is InChI=1S/C33H65N3O6/c1-4-6-8-10-12-14-16-18-20-22-24-36(28(38)23-21-19-17-15-13-11-9-7-5-2)33(35)29(30(39)26(3)34)32(41)31(40)27(25-37)42-33/h26-27,29,31-32,37,40-41H,4-25,34-35H2,1-3H3/t26-,27+,29+,31+,32+,33-/m0/s1. The van der Waals surface area contributed by atoms with E-state index in [9.17, 15) is 24.9 Å². The molecule has 248 valence electrons. The molecule has 1 aliphatic rings. The third kappa shape index (κ3) is 13.3. The predicted octanol–water partition coefficient (Wildman–Crippen LogP) is 4.91. The smallest absolute Gasteiger partial charge is 0.225 e. The van der Waals surface area contributed by atoms with Gasteiger partial charge in [0.1, 0.15) is 18.1 Å². The number of rotatable bonds is 25. The van der Waals surface area contributed by atoms with Gasteiger partial charge in [-0.15, -0.1) is 0 Å². The van der Waals surface area contributed by atoms with Crippen LogP contribution in [0.1, 0.15) is 149 Å². The molecule has 6 atom stereocenters. The maximum atomic E-state index is 13.7. The number of amides is 1. The van der Waals surface area contributed by atoms with Crippen LogP contribution in [0.25, 0.3) is 0 Å². The average molecular weight is 600 g/mol. The van der Waals surface area contributed by atoms with Crippen LogP contribution in [-0.4, -0.2) is 75.3 Å². The number of hydrogen-bond donors (Lipinski definition) is 5. The minimum atomic E-state index is -2.02. The number of carbonyl (C=O) groups is 2. The first-order chi connectivity index (χ1) is 20.1. The summed E-state index contributed by atoms with van der Waals surface area (Å²) >= 11 is 0. The van der Waals surface area contributed by atoms with E-state index in [0.29, 0.717) is 12.8 Å². The first-order valence-corrected chi connectivity index (χ1v) is 17.2. The number of Topliss-reactive ketones (excluding diaryl/α,β-unsaturated/α-hetero) is 1. The Bertz CT molecular complexity index is 724. The van der Waals surface area contributed by atoms with Gasteiger partial charge in [-0.1, -0.05) is 123 Å². The van der Waals surface area contributed by atoms with Gasteiger partial charge in [0.05, 0.1) is 18.8 Å². The maximum Gasteiger partial charge on any atom is 0.225 e. The van der Waals surface area contributed by atoms with E-state index in [1.54, 1.807) is 0 Å². The van der Waals surface area contributed by atoms with E-state index in [1.165, 1.54) is 82.5 Å². The summed E-state index contributed by atoms with van der Waals surface area (Å²) in [4.78, 5) is 28.3. The van der Waals surface area contributed by atoms with E-state index in [1.807, 2.05) is 0 Å². The van der Waals surface area contributed by atoms with Crippen molar-refractivity contribution in [2.45, 2.75) is 179 Å². The van der Waals surface area contributed by atoms with Gasteiger partial charge in [-0.2, -0.15) is 0 Å². The van der Waals surface area contributed by atoms with Crippen LogP contribution >= 0.6 is 0 Å². The Labute approximate surface area is 256 Å². The topological polar surface area (TPSA) is 159 Å². The van der Waals surface area contributed by atoms with E-state index in [4.69, 9.17) is 16.2 Å². The number of ether oxygens (including phenoxy) is 1. The minimum Gasteiger partial charge on any atom is -0.394 e. The van der Waals surface area contributed by atoms with E-state index in [2.05, 4.69) is 13.8 Å². The normalized spacial score (nSPS) is 25.0. The maximum absolute atomic E-state index is 13.7. The number of aliphatic hydroxyl groups is 3. The largest absolute Gasteiger partial charge is 0.394 e. The van der Waals surface area contributed by atoms with Gasteiger partial charge in [-0.25, -0.2) is 0 Å². The van der Waals surface area contributed by atoms with Crippen LogP contribution in [0.15, 0.2) is 0 Å². The first-order valence-electron chi connectivity index (χ1n) is 17.2. The predicted molar refractivity (Wildman–Crippen MR) is 168 cm³/mol. The zero-order valence-corrected chi connectivity index (χ0v) is 27.1. The van der Waals surface area contributed by atoms with Crippen molar-refractivity contribution in [3.63, 3.8) is 0 Å². The highest BCUT2D eigenvalue weighted by Gasteiger charge is 2.59. The van der Waals surface area contributed by atoms with Gasteiger partial charge in [0.2, 0.25) is 11.8 Å². The Hall–Kier alpha value is -1.10. The number of unbranched alkanes of at least 4 members (excludes halogenated alkanes) is 17. The van der Waals surface area contributed by atoms with E-state index >= 15 is 0 Å². The van der Waals surface area contributed by atoms with Crippen LogP contribution in [0.5, 0.6) is 0 Å². The van der Waals surface area contributed by atoms with Crippen molar-refractivity contribution < 1.29 is 29.6 Å². The Balaban J connectivity index is 2.88. The van der Waals surface area contributed by atoms with Gasteiger partial charge in [0, 0.05) is 13.0 Å². The van der Waals surface area contributed by atoms with Crippen LogP contribution in [0.2, 0.25) is 0 Å². The highest BCUT2D eigenvalue weighted by Crippen LogP contribution is 2.36. The Morgan fingerprint density at radius 3 is 1.62 bits per heavy atom. The molecule has 0 aromatic heterocycles. The van der Waals surface area contributed by atoms with Crippen molar-refractivity contribution in [2.75, 3.05) is 13.2 Å². The van der Waals surface area contributed by atoms with Crippen molar-refractivity contribution in [1.82, 2.24) is 4.90 Å². The molecule has 1 aliphatic heterocycles. The number of carbonyl (C=O) groups excluding carboxylic acids is 2.